The third-order valence-electron chi connectivity index (χ3n) is 3.83. The van der Waals surface area contributed by atoms with E-state index in [4.69, 9.17) is 9.47 Å². The molecule has 3 rings (SSSR count). The van der Waals surface area contributed by atoms with Gasteiger partial charge in [-0.15, -0.1) is 0 Å². The van der Waals surface area contributed by atoms with E-state index in [2.05, 4.69) is 15.9 Å². The molecule has 0 amide bonds. The van der Waals surface area contributed by atoms with Crippen molar-refractivity contribution in [3.8, 4) is 5.75 Å². The summed E-state index contributed by atoms with van der Waals surface area (Å²) in [5.41, 5.74) is 1.60. The first kappa shape index (κ1) is 15.7. The van der Waals surface area contributed by atoms with Gasteiger partial charge in [0.05, 0.1) is 6.61 Å². The molecule has 23 heavy (non-hydrogen) atoms. The van der Waals surface area contributed by atoms with Crippen LogP contribution in [0.15, 0.2) is 54.6 Å². The molecule has 0 saturated heterocycles. The van der Waals surface area contributed by atoms with Crippen molar-refractivity contribution in [2.75, 3.05) is 6.61 Å². The van der Waals surface area contributed by atoms with E-state index in [0.29, 0.717) is 5.75 Å². The highest BCUT2D eigenvalue weighted by molar-refractivity contribution is 9.10. The van der Waals surface area contributed by atoms with Crippen molar-refractivity contribution in [2.24, 2.45) is 0 Å². The zero-order valence-corrected chi connectivity index (χ0v) is 14.1. The first-order valence-corrected chi connectivity index (χ1v) is 8.10. The van der Waals surface area contributed by atoms with Crippen LogP contribution in [-0.4, -0.2) is 22.9 Å². The molecule has 0 radical (unpaired) electrons. The van der Waals surface area contributed by atoms with Gasteiger partial charge in [0, 0.05) is 11.5 Å². The van der Waals surface area contributed by atoms with Gasteiger partial charge in [-0.1, -0.05) is 64.5 Å². The summed E-state index contributed by atoms with van der Waals surface area (Å²) < 4.78 is 8.92. The SMILES string of the molecule is CCOC(=O)[C@@]1(Br)C(=O)Oc2ccccc2[C@H]1c1ccccc1. The summed E-state index contributed by atoms with van der Waals surface area (Å²) in [7, 11) is 0. The third-order valence-corrected chi connectivity index (χ3v) is 4.94. The Labute approximate surface area is 142 Å². The smallest absolute Gasteiger partial charge is 0.340 e. The zero-order chi connectivity index (χ0) is 16.4. The second-order valence-corrected chi connectivity index (χ2v) is 6.45. The van der Waals surface area contributed by atoms with Crippen LogP contribution in [0.1, 0.15) is 24.0 Å². The number of hydrogen-bond donors (Lipinski definition) is 0. The lowest BCUT2D eigenvalue weighted by molar-refractivity contribution is -0.155. The minimum atomic E-state index is -1.60. The standard InChI is InChI=1S/C18H15BrO4/c1-2-22-16(20)18(19)15(12-8-4-3-5-9-12)13-10-6-7-11-14(13)23-17(18)21/h3-11,15H,2H2,1H3/t15-,18-/m1/s1. The summed E-state index contributed by atoms with van der Waals surface area (Å²) in [6.07, 6.45) is 0. The Morgan fingerprint density at radius 1 is 1.17 bits per heavy atom. The first-order valence-electron chi connectivity index (χ1n) is 7.31. The van der Waals surface area contributed by atoms with E-state index in [1.54, 1.807) is 19.1 Å². The van der Waals surface area contributed by atoms with E-state index in [1.165, 1.54) is 0 Å². The Balaban J connectivity index is 2.22. The molecule has 2 atom stereocenters. The van der Waals surface area contributed by atoms with Crippen LogP contribution in [0.4, 0.5) is 0 Å². The van der Waals surface area contributed by atoms with E-state index >= 15 is 0 Å². The molecule has 2 aromatic rings. The van der Waals surface area contributed by atoms with Crippen molar-refractivity contribution >= 4 is 27.9 Å². The average Bonchev–Trinajstić information content (AvgIpc) is 2.57. The second-order valence-electron chi connectivity index (χ2n) is 5.20. The molecule has 0 spiro atoms. The summed E-state index contributed by atoms with van der Waals surface area (Å²) in [4.78, 5) is 25.2. The molecule has 5 heteroatoms. The number of alkyl halides is 1. The van der Waals surface area contributed by atoms with Crippen LogP contribution in [0.5, 0.6) is 5.75 Å². The van der Waals surface area contributed by atoms with Gasteiger partial charge >= 0.3 is 11.9 Å². The molecule has 1 aliphatic rings. The predicted molar refractivity (Wildman–Crippen MR) is 88.7 cm³/mol. The van der Waals surface area contributed by atoms with Crippen LogP contribution in [0.2, 0.25) is 0 Å². The van der Waals surface area contributed by atoms with Gasteiger partial charge in [0.15, 0.2) is 0 Å². The maximum absolute atomic E-state index is 12.6. The fourth-order valence-electron chi connectivity index (χ4n) is 2.81. The Morgan fingerprint density at radius 3 is 2.52 bits per heavy atom. The van der Waals surface area contributed by atoms with Gasteiger partial charge in [0.2, 0.25) is 4.32 Å². The van der Waals surface area contributed by atoms with Crippen molar-refractivity contribution < 1.29 is 19.1 Å². The van der Waals surface area contributed by atoms with Gasteiger partial charge in [0.25, 0.3) is 0 Å². The van der Waals surface area contributed by atoms with Crippen LogP contribution in [0.25, 0.3) is 0 Å². The Hall–Kier alpha value is -2.14. The Kier molecular flexibility index (Phi) is 4.22. The topological polar surface area (TPSA) is 52.6 Å². The molecule has 0 bridgehead atoms. The van der Waals surface area contributed by atoms with Crippen molar-refractivity contribution in [3.05, 3.63) is 65.7 Å². The molecule has 4 nitrogen and oxygen atoms in total. The van der Waals surface area contributed by atoms with Crippen LogP contribution >= 0.6 is 15.9 Å². The monoisotopic (exact) mass is 374 g/mol. The molecule has 0 aliphatic carbocycles. The van der Waals surface area contributed by atoms with E-state index in [9.17, 15) is 9.59 Å². The van der Waals surface area contributed by atoms with E-state index in [1.807, 2.05) is 42.5 Å². The van der Waals surface area contributed by atoms with Gasteiger partial charge in [0.1, 0.15) is 5.75 Å². The molecule has 118 valence electrons. The second kappa shape index (κ2) is 6.16. The maximum Gasteiger partial charge on any atom is 0.340 e. The fourth-order valence-corrected chi connectivity index (χ4v) is 3.52. The largest absolute Gasteiger partial charge is 0.464 e. The van der Waals surface area contributed by atoms with Gasteiger partial charge in [-0.3, -0.25) is 0 Å². The van der Waals surface area contributed by atoms with Crippen LogP contribution in [0.3, 0.4) is 0 Å². The van der Waals surface area contributed by atoms with E-state index in [-0.39, 0.29) is 6.61 Å². The summed E-state index contributed by atoms with van der Waals surface area (Å²) in [6.45, 7) is 1.89. The van der Waals surface area contributed by atoms with Crippen molar-refractivity contribution in [1.82, 2.24) is 0 Å². The van der Waals surface area contributed by atoms with Crippen LogP contribution < -0.4 is 4.74 Å². The number of fused-ring (bicyclic) bond motifs is 1. The van der Waals surface area contributed by atoms with E-state index in [0.717, 1.165) is 11.1 Å². The van der Waals surface area contributed by atoms with Crippen molar-refractivity contribution in [3.63, 3.8) is 0 Å². The number of esters is 2. The number of benzene rings is 2. The van der Waals surface area contributed by atoms with E-state index < -0.39 is 22.2 Å². The molecule has 1 aliphatic heterocycles. The number of hydrogen-bond acceptors (Lipinski definition) is 4. The third kappa shape index (κ3) is 2.55. The lowest BCUT2D eigenvalue weighted by Gasteiger charge is -2.36. The number of para-hydroxylation sites is 1. The summed E-state index contributed by atoms with van der Waals surface area (Å²) >= 11 is 3.35. The van der Waals surface area contributed by atoms with Gasteiger partial charge in [-0.25, -0.2) is 9.59 Å². The van der Waals surface area contributed by atoms with Gasteiger partial charge in [-0.2, -0.15) is 0 Å². The Bertz CT molecular complexity index is 744. The highest BCUT2D eigenvalue weighted by Gasteiger charge is 2.57. The molecule has 0 fully saturated rings. The summed E-state index contributed by atoms with van der Waals surface area (Å²) in [5.74, 6) is -1.37. The quantitative estimate of drug-likeness (QED) is 0.357. The molecule has 0 N–H and O–H groups in total. The number of ether oxygens (including phenoxy) is 2. The van der Waals surface area contributed by atoms with Crippen molar-refractivity contribution in [2.45, 2.75) is 17.2 Å². The summed E-state index contributed by atoms with van der Waals surface area (Å²) in [5, 5.41) is 0. The minimum absolute atomic E-state index is 0.183. The summed E-state index contributed by atoms with van der Waals surface area (Å²) in [6, 6.07) is 16.6. The van der Waals surface area contributed by atoms with Crippen molar-refractivity contribution in [1.29, 1.82) is 0 Å². The maximum atomic E-state index is 12.6. The zero-order valence-electron chi connectivity index (χ0n) is 12.5. The normalized spacial score (nSPS) is 22.9. The Morgan fingerprint density at radius 2 is 1.83 bits per heavy atom. The molecular formula is C18H15BrO4. The highest BCUT2D eigenvalue weighted by Crippen LogP contribution is 2.49. The highest BCUT2D eigenvalue weighted by atomic mass is 79.9. The number of halogens is 1. The van der Waals surface area contributed by atoms with Crippen LogP contribution in [-0.2, 0) is 14.3 Å². The molecule has 2 aromatic carbocycles. The predicted octanol–water partition coefficient (Wildman–Crippen LogP) is 3.43. The number of rotatable bonds is 3. The lowest BCUT2D eigenvalue weighted by atomic mass is 9.78. The molecule has 0 aromatic heterocycles. The molecule has 0 unspecified atom stereocenters. The average molecular weight is 375 g/mol. The lowest BCUT2D eigenvalue weighted by Crippen LogP contribution is -2.52. The number of carbonyl (C=O) groups excluding carboxylic acids is 2. The minimum Gasteiger partial charge on any atom is -0.464 e. The van der Waals surface area contributed by atoms with Gasteiger partial charge < -0.3 is 9.47 Å². The molecule has 0 saturated carbocycles. The molecular weight excluding hydrogens is 360 g/mol. The molecule has 1 heterocycles. The fraction of sp³-hybridized carbons (Fsp3) is 0.222. The number of carbonyl (C=O) groups is 2. The van der Waals surface area contributed by atoms with Crippen LogP contribution in [0, 0.1) is 0 Å². The first-order chi connectivity index (χ1) is 11.1. The van der Waals surface area contributed by atoms with Gasteiger partial charge in [-0.05, 0) is 18.6 Å².